The van der Waals surface area contributed by atoms with Crippen molar-refractivity contribution >= 4 is 17.7 Å². The average Bonchev–Trinajstić information content (AvgIpc) is 2.17. The van der Waals surface area contributed by atoms with Crippen LogP contribution in [0.3, 0.4) is 0 Å². The van der Waals surface area contributed by atoms with Crippen LogP contribution in [0.4, 0.5) is 0 Å². The number of thioether (sulfide) groups is 1. The van der Waals surface area contributed by atoms with Gasteiger partial charge in [0, 0.05) is 11.4 Å². The molecular formula is C10H15N3O2S. The van der Waals surface area contributed by atoms with Gasteiger partial charge in [0.1, 0.15) is 11.9 Å². The Morgan fingerprint density at radius 3 is 2.94 bits per heavy atom. The van der Waals surface area contributed by atoms with Crippen LogP contribution in [0, 0.1) is 0 Å². The molecule has 0 spiro atoms. The van der Waals surface area contributed by atoms with Crippen LogP contribution in [-0.4, -0.2) is 31.8 Å². The highest BCUT2D eigenvalue weighted by Crippen LogP contribution is 2.25. The van der Waals surface area contributed by atoms with Crippen LogP contribution in [0.25, 0.3) is 0 Å². The van der Waals surface area contributed by atoms with Crippen LogP contribution < -0.4 is 5.73 Å². The summed E-state index contributed by atoms with van der Waals surface area (Å²) in [5.41, 5.74) is 4.47. The number of carbonyl (C=O) groups is 1. The first-order chi connectivity index (χ1) is 7.42. The highest BCUT2D eigenvalue weighted by atomic mass is 32.2. The molecule has 0 saturated carbocycles. The molecule has 5 nitrogen and oxygen atoms in total. The van der Waals surface area contributed by atoms with Gasteiger partial charge in [-0.2, -0.15) is 0 Å². The molecule has 2 unspecified atom stereocenters. The summed E-state index contributed by atoms with van der Waals surface area (Å²) in [7, 11) is 0. The molecule has 1 aromatic rings. The minimum Gasteiger partial charge on any atom is -0.480 e. The molecule has 0 aliphatic carbocycles. The molecule has 0 aliphatic rings. The molecule has 1 aromatic heterocycles. The van der Waals surface area contributed by atoms with Crippen LogP contribution >= 0.6 is 11.8 Å². The van der Waals surface area contributed by atoms with Crippen molar-refractivity contribution in [3.63, 3.8) is 0 Å². The van der Waals surface area contributed by atoms with E-state index in [9.17, 15) is 4.79 Å². The minimum absolute atomic E-state index is 0.0843. The summed E-state index contributed by atoms with van der Waals surface area (Å²) in [6, 6.07) is 1.79. The lowest BCUT2D eigenvalue weighted by molar-refractivity contribution is -0.142. The zero-order valence-corrected chi connectivity index (χ0v) is 10.1. The molecule has 0 aliphatic heterocycles. The van der Waals surface area contributed by atoms with Gasteiger partial charge in [0.25, 0.3) is 0 Å². The predicted octanol–water partition coefficient (Wildman–Crippen LogP) is 1.15. The maximum atomic E-state index is 10.8. The SMILES string of the molecule is CC(CC(C)(N)C(=O)O)Sc1ccncn1. The predicted molar refractivity (Wildman–Crippen MR) is 62.2 cm³/mol. The van der Waals surface area contributed by atoms with Gasteiger partial charge >= 0.3 is 5.97 Å². The monoisotopic (exact) mass is 241 g/mol. The molecule has 0 aromatic carbocycles. The van der Waals surface area contributed by atoms with E-state index in [2.05, 4.69) is 9.97 Å². The lowest BCUT2D eigenvalue weighted by Crippen LogP contribution is -2.46. The summed E-state index contributed by atoms with van der Waals surface area (Å²) in [6.45, 7) is 3.45. The Bertz CT molecular complexity index is 356. The van der Waals surface area contributed by atoms with Crippen LogP contribution in [0.1, 0.15) is 20.3 Å². The zero-order valence-electron chi connectivity index (χ0n) is 9.25. The summed E-state index contributed by atoms with van der Waals surface area (Å²) >= 11 is 1.49. The third-order valence-electron chi connectivity index (χ3n) is 2.08. The molecule has 0 fully saturated rings. The van der Waals surface area contributed by atoms with E-state index in [1.807, 2.05) is 6.92 Å². The van der Waals surface area contributed by atoms with E-state index in [1.54, 1.807) is 12.3 Å². The summed E-state index contributed by atoms with van der Waals surface area (Å²) < 4.78 is 0. The summed E-state index contributed by atoms with van der Waals surface area (Å²) in [5.74, 6) is -0.984. The number of aliphatic carboxylic acids is 1. The number of hydrogen-bond donors (Lipinski definition) is 2. The normalized spacial score (nSPS) is 16.4. The first kappa shape index (κ1) is 12.9. The van der Waals surface area contributed by atoms with Gasteiger partial charge in [0.2, 0.25) is 0 Å². The third-order valence-corrected chi connectivity index (χ3v) is 3.13. The molecular weight excluding hydrogens is 226 g/mol. The fraction of sp³-hybridized carbons (Fsp3) is 0.500. The Morgan fingerprint density at radius 1 is 1.75 bits per heavy atom. The van der Waals surface area contributed by atoms with Gasteiger partial charge in [-0.05, 0) is 19.4 Å². The molecule has 16 heavy (non-hydrogen) atoms. The van der Waals surface area contributed by atoms with Crippen molar-refractivity contribution in [1.82, 2.24) is 9.97 Å². The molecule has 1 heterocycles. The van der Waals surface area contributed by atoms with Gasteiger partial charge < -0.3 is 10.8 Å². The molecule has 1 rings (SSSR count). The molecule has 2 atom stereocenters. The topological polar surface area (TPSA) is 89.1 Å². The van der Waals surface area contributed by atoms with Gasteiger partial charge in [-0.3, -0.25) is 4.79 Å². The number of rotatable bonds is 5. The van der Waals surface area contributed by atoms with Crippen molar-refractivity contribution in [1.29, 1.82) is 0 Å². The van der Waals surface area contributed by atoms with Gasteiger partial charge in [-0.1, -0.05) is 6.92 Å². The first-order valence-corrected chi connectivity index (χ1v) is 5.75. The Labute approximate surface area is 98.5 Å². The van der Waals surface area contributed by atoms with Crippen LogP contribution in [0.15, 0.2) is 23.6 Å². The number of aromatic nitrogens is 2. The molecule has 88 valence electrons. The number of hydrogen-bond acceptors (Lipinski definition) is 5. The van der Waals surface area contributed by atoms with E-state index in [1.165, 1.54) is 25.0 Å². The van der Waals surface area contributed by atoms with Crippen molar-refractivity contribution in [2.45, 2.75) is 36.1 Å². The van der Waals surface area contributed by atoms with E-state index >= 15 is 0 Å². The summed E-state index contributed by atoms with van der Waals surface area (Å²) in [4.78, 5) is 18.7. The fourth-order valence-corrected chi connectivity index (χ4v) is 2.37. The van der Waals surface area contributed by atoms with E-state index in [4.69, 9.17) is 10.8 Å². The maximum absolute atomic E-state index is 10.8. The second-order valence-electron chi connectivity index (χ2n) is 3.90. The van der Waals surface area contributed by atoms with E-state index < -0.39 is 11.5 Å². The molecule has 0 bridgehead atoms. The second kappa shape index (κ2) is 5.27. The van der Waals surface area contributed by atoms with Crippen molar-refractivity contribution in [3.8, 4) is 0 Å². The Morgan fingerprint density at radius 2 is 2.44 bits per heavy atom. The van der Waals surface area contributed by atoms with Gasteiger partial charge in [0.05, 0.1) is 5.03 Å². The highest BCUT2D eigenvalue weighted by Gasteiger charge is 2.30. The summed E-state index contributed by atoms with van der Waals surface area (Å²) in [6.07, 6.45) is 3.51. The van der Waals surface area contributed by atoms with Crippen LogP contribution in [-0.2, 0) is 4.79 Å². The van der Waals surface area contributed by atoms with Crippen LogP contribution in [0.5, 0.6) is 0 Å². The number of carboxylic acid groups (broad SMARTS) is 1. The van der Waals surface area contributed by atoms with Gasteiger partial charge in [0.15, 0.2) is 0 Å². The van der Waals surface area contributed by atoms with Crippen molar-refractivity contribution in [3.05, 3.63) is 18.6 Å². The number of nitrogens with two attached hydrogens (primary N) is 1. The minimum atomic E-state index is -1.19. The van der Waals surface area contributed by atoms with Crippen molar-refractivity contribution < 1.29 is 9.90 Å². The number of carboxylic acids is 1. The molecule has 3 N–H and O–H groups in total. The zero-order chi connectivity index (χ0) is 12.2. The Balaban J connectivity index is 2.54. The first-order valence-electron chi connectivity index (χ1n) is 4.87. The molecule has 0 radical (unpaired) electrons. The highest BCUT2D eigenvalue weighted by molar-refractivity contribution is 7.99. The van der Waals surface area contributed by atoms with Gasteiger partial charge in [-0.15, -0.1) is 11.8 Å². The maximum Gasteiger partial charge on any atom is 0.323 e. The summed E-state index contributed by atoms with van der Waals surface area (Å²) in [5, 5.41) is 9.80. The van der Waals surface area contributed by atoms with E-state index in [0.29, 0.717) is 6.42 Å². The lowest BCUT2D eigenvalue weighted by Gasteiger charge is -2.22. The largest absolute Gasteiger partial charge is 0.480 e. The molecule has 0 saturated heterocycles. The lowest BCUT2D eigenvalue weighted by atomic mass is 9.98. The van der Waals surface area contributed by atoms with Crippen molar-refractivity contribution in [2.75, 3.05) is 0 Å². The molecule has 6 heteroatoms. The smallest absolute Gasteiger partial charge is 0.323 e. The quantitative estimate of drug-likeness (QED) is 0.593. The molecule has 0 amide bonds. The Kier molecular flexibility index (Phi) is 4.26. The second-order valence-corrected chi connectivity index (χ2v) is 5.36. The van der Waals surface area contributed by atoms with Crippen LogP contribution in [0.2, 0.25) is 0 Å². The average molecular weight is 241 g/mol. The van der Waals surface area contributed by atoms with Gasteiger partial charge in [-0.25, -0.2) is 9.97 Å². The Hall–Kier alpha value is -1.14. The van der Waals surface area contributed by atoms with Crippen molar-refractivity contribution in [2.24, 2.45) is 5.73 Å². The third kappa shape index (κ3) is 3.79. The number of nitrogens with zero attached hydrogens (tertiary/aromatic N) is 2. The van der Waals surface area contributed by atoms with E-state index in [-0.39, 0.29) is 5.25 Å². The standard InChI is InChI=1S/C10H15N3O2S/c1-7(5-10(2,11)9(14)15)16-8-3-4-12-6-13-8/h3-4,6-7H,5,11H2,1-2H3,(H,14,15). The fourth-order valence-electron chi connectivity index (χ4n) is 1.28. The van der Waals surface area contributed by atoms with E-state index in [0.717, 1.165) is 5.03 Å².